The lowest BCUT2D eigenvalue weighted by atomic mass is 10.0. The van der Waals surface area contributed by atoms with Gasteiger partial charge in [-0.05, 0) is 35.4 Å². The van der Waals surface area contributed by atoms with Gasteiger partial charge in [0.15, 0.2) is 18.3 Å². The van der Waals surface area contributed by atoms with Crippen molar-refractivity contribution >= 4 is 44.3 Å². The number of rotatable bonds is 8. The number of nitrogens with zero attached hydrogens (tertiary/aromatic N) is 1. The lowest BCUT2D eigenvalue weighted by molar-refractivity contribution is -0.149. The Morgan fingerprint density at radius 2 is 1.52 bits per heavy atom. The number of halogens is 1. The van der Waals surface area contributed by atoms with Crippen LogP contribution in [-0.4, -0.2) is 30.1 Å². The Labute approximate surface area is 203 Å². The number of amides is 1. The van der Waals surface area contributed by atoms with Crippen LogP contribution in [0.2, 0.25) is 0 Å². The van der Waals surface area contributed by atoms with Crippen molar-refractivity contribution < 1.29 is 19.1 Å². The van der Waals surface area contributed by atoms with Crippen molar-refractivity contribution in [2.75, 3.05) is 18.5 Å². The molecule has 0 aliphatic carbocycles. The summed E-state index contributed by atoms with van der Waals surface area (Å²) in [4.78, 5) is 28.4. The van der Waals surface area contributed by atoms with Gasteiger partial charge in [0, 0.05) is 15.4 Å². The summed E-state index contributed by atoms with van der Waals surface area (Å²) in [7, 11) is 0. The van der Waals surface area contributed by atoms with Crippen LogP contribution in [0.25, 0.3) is 22.4 Å². The lowest BCUT2D eigenvalue weighted by Crippen LogP contribution is -2.23. The normalized spacial score (nSPS) is 10.5. The maximum absolute atomic E-state index is 12.1. The van der Waals surface area contributed by atoms with Crippen molar-refractivity contribution in [2.45, 2.75) is 0 Å². The quantitative estimate of drug-likeness (QED) is 0.296. The van der Waals surface area contributed by atoms with E-state index in [1.807, 2.05) is 47.8 Å². The van der Waals surface area contributed by atoms with Gasteiger partial charge >= 0.3 is 5.97 Å². The predicted octanol–water partition coefficient (Wildman–Crippen LogP) is 5.80. The van der Waals surface area contributed by atoms with Gasteiger partial charge < -0.3 is 9.47 Å². The number of anilines is 1. The molecule has 0 unspecified atom stereocenters. The highest BCUT2D eigenvalue weighted by Gasteiger charge is 2.12. The highest BCUT2D eigenvalue weighted by molar-refractivity contribution is 9.10. The summed E-state index contributed by atoms with van der Waals surface area (Å²) >= 11 is 4.63. The molecule has 0 aliphatic heterocycles. The maximum atomic E-state index is 12.1. The maximum Gasteiger partial charge on any atom is 0.344 e. The van der Waals surface area contributed by atoms with Crippen LogP contribution in [0.5, 0.6) is 5.75 Å². The van der Waals surface area contributed by atoms with Gasteiger partial charge in [0.2, 0.25) is 0 Å². The van der Waals surface area contributed by atoms with E-state index < -0.39 is 18.5 Å². The van der Waals surface area contributed by atoms with Crippen molar-refractivity contribution in [3.05, 3.63) is 88.7 Å². The van der Waals surface area contributed by atoms with Gasteiger partial charge in [-0.15, -0.1) is 11.3 Å². The summed E-state index contributed by atoms with van der Waals surface area (Å²) in [6.45, 7) is -0.696. The fraction of sp³-hybridized carbons (Fsp3) is 0.0800. The first-order chi connectivity index (χ1) is 16.1. The zero-order valence-electron chi connectivity index (χ0n) is 17.4. The summed E-state index contributed by atoms with van der Waals surface area (Å²) < 4.78 is 11.2. The van der Waals surface area contributed by atoms with Crippen LogP contribution >= 0.6 is 27.3 Å². The molecule has 8 heteroatoms. The Bertz CT molecular complexity index is 1230. The minimum Gasteiger partial charge on any atom is -0.482 e. The zero-order chi connectivity index (χ0) is 23.0. The molecule has 0 fully saturated rings. The molecule has 3 aromatic carbocycles. The molecule has 0 aliphatic rings. The predicted molar refractivity (Wildman–Crippen MR) is 132 cm³/mol. The highest BCUT2D eigenvalue weighted by Crippen LogP contribution is 2.27. The van der Waals surface area contributed by atoms with Crippen molar-refractivity contribution in [3.63, 3.8) is 0 Å². The van der Waals surface area contributed by atoms with Crippen LogP contribution in [0, 0.1) is 0 Å². The third-order valence-electron chi connectivity index (χ3n) is 4.57. The molecule has 0 spiro atoms. The standard InChI is InChI=1S/C25H19BrN2O4S/c26-20-10-12-21(13-11-20)31-15-24(30)32-14-23(29)28-25-27-22(16-33-25)19-8-6-18(7-9-19)17-4-2-1-3-5-17/h1-13,16H,14-15H2,(H,27,28,29). The summed E-state index contributed by atoms with van der Waals surface area (Å²) in [6.07, 6.45) is 0. The van der Waals surface area contributed by atoms with E-state index >= 15 is 0 Å². The monoisotopic (exact) mass is 522 g/mol. The van der Waals surface area contributed by atoms with E-state index in [0.717, 1.165) is 26.9 Å². The Hall–Kier alpha value is -3.49. The molecular weight excluding hydrogens is 504 g/mol. The number of hydrogen-bond donors (Lipinski definition) is 1. The van der Waals surface area contributed by atoms with E-state index in [0.29, 0.717) is 10.9 Å². The number of nitrogens with one attached hydrogen (secondary N) is 1. The van der Waals surface area contributed by atoms with Gasteiger partial charge in [0.05, 0.1) is 5.69 Å². The number of carbonyl (C=O) groups is 2. The number of aromatic nitrogens is 1. The number of carbonyl (C=O) groups excluding carboxylic acids is 2. The van der Waals surface area contributed by atoms with Gasteiger partial charge in [-0.1, -0.05) is 70.5 Å². The molecule has 0 radical (unpaired) electrons. The number of hydrogen-bond acceptors (Lipinski definition) is 6. The van der Waals surface area contributed by atoms with Crippen LogP contribution in [0.3, 0.4) is 0 Å². The van der Waals surface area contributed by atoms with Crippen molar-refractivity contribution in [1.29, 1.82) is 0 Å². The molecular formula is C25H19BrN2O4S. The Balaban J connectivity index is 1.25. The molecule has 166 valence electrons. The van der Waals surface area contributed by atoms with Crippen molar-refractivity contribution in [1.82, 2.24) is 4.98 Å². The molecule has 1 N–H and O–H groups in total. The van der Waals surface area contributed by atoms with Gasteiger partial charge in [0.1, 0.15) is 5.75 Å². The summed E-state index contributed by atoms with van der Waals surface area (Å²) in [6, 6.07) is 25.2. The van der Waals surface area contributed by atoms with Gasteiger partial charge in [-0.2, -0.15) is 0 Å². The number of esters is 1. The van der Waals surface area contributed by atoms with E-state index in [-0.39, 0.29) is 6.61 Å². The number of ether oxygens (including phenoxy) is 2. The average Bonchev–Trinajstić information content (AvgIpc) is 3.31. The second-order valence-electron chi connectivity index (χ2n) is 6.93. The third kappa shape index (κ3) is 6.50. The summed E-state index contributed by atoms with van der Waals surface area (Å²) in [5.41, 5.74) is 3.97. The van der Waals surface area contributed by atoms with E-state index in [2.05, 4.69) is 38.4 Å². The molecule has 4 aromatic rings. The van der Waals surface area contributed by atoms with Crippen LogP contribution in [0.15, 0.2) is 88.7 Å². The molecule has 4 rings (SSSR count). The van der Waals surface area contributed by atoms with Crippen molar-refractivity contribution in [2.24, 2.45) is 0 Å². The molecule has 6 nitrogen and oxygen atoms in total. The van der Waals surface area contributed by atoms with Crippen LogP contribution in [0.4, 0.5) is 5.13 Å². The molecule has 33 heavy (non-hydrogen) atoms. The molecule has 0 atom stereocenters. The molecule has 1 amide bonds. The zero-order valence-corrected chi connectivity index (χ0v) is 19.8. The Morgan fingerprint density at radius 3 is 2.24 bits per heavy atom. The van der Waals surface area contributed by atoms with E-state index in [1.165, 1.54) is 11.3 Å². The molecule has 1 aromatic heterocycles. The topological polar surface area (TPSA) is 77.5 Å². The van der Waals surface area contributed by atoms with Gasteiger partial charge in [0.25, 0.3) is 5.91 Å². The number of benzene rings is 3. The van der Waals surface area contributed by atoms with Crippen LogP contribution < -0.4 is 10.1 Å². The third-order valence-corrected chi connectivity index (χ3v) is 5.86. The fourth-order valence-corrected chi connectivity index (χ4v) is 3.94. The van der Waals surface area contributed by atoms with Crippen LogP contribution in [0.1, 0.15) is 0 Å². The molecule has 0 saturated carbocycles. The van der Waals surface area contributed by atoms with Crippen molar-refractivity contribution in [3.8, 4) is 28.1 Å². The van der Waals surface area contributed by atoms with E-state index in [9.17, 15) is 9.59 Å². The van der Waals surface area contributed by atoms with Gasteiger partial charge in [-0.3, -0.25) is 10.1 Å². The first kappa shape index (κ1) is 22.7. The van der Waals surface area contributed by atoms with Crippen LogP contribution in [-0.2, 0) is 14.3 Å². The smallest absolute Gasteiger partial charge is 0.344 e. The summed E-state index contributed by atoms with van der Waals surface area (Å²) in [5, 5.41) is 4.95. The second-order valence-corrected chi connectivity index (χ2v) is 8.71. The second kappa shape index (κ2) is 10.9. The highest BCUT2D eigenvalue weighted by atomic mass is 79.9. The molecule has 0 bridgehead atoms. The average molecular weight is 523 g/mol. The van der Waals surface area contributed by atoms with E-state index in [4.69, 9.17) is 9.47 Å². The first-order valence-corrected chi connectivity index (χ1v) is 11.7. The largest absolute Gasteiger partial charge is 0.482 e. The Kier molecular flexibility index (Phi) is 7.49. The number of thiazole rings is 1. The molecule has 0 saturated heterocycles. The Morgan fingerprint density at radius 1 is 0.848 bits per heavy atom. The van der Waals surface area contributed by atoms with Gasteiger partial charge in [-0.25, -0.2) is 9.78 Å². The minimum atomic E-state index is -0.633. The molecule has 1 heterocycles. The SMILES string of the molecule is O=C(COC(=O)COc1ccc(Br)cc1)Nc1nc(-c2ccc(-c3ccccc3)cc2)cs1. The minimum absolute atomic E-state index is 0.282. The fourth-order valence-electron chi connectivity index (χ4n) is 2.94. The first-order valence-electron chi connectivity index (χ1n) is 10.0. The summed E-state index contributed by atoms with van der Waals surface area (Å²) in [5.74, 6) is -0.564. The van der Waals surface area contributed by atoms with E-state index in [1.54, 1.807) is 24.3 Å². The lowest BCUT2D eigenvalue weighted by Gasteiger charge is -2.07.